The van der Waals surface area contributed by atoms with Crippen molar-refractivity contribution < 1.29 is 0 Å². The molecule has 0 atom stereocenters. The van der Waals surface area contributed by atoms with Gasteiger partial charge in [-0.3, -0.25) is 0 Å². The topological polar surface area (TPSA) is 4.93 Å². The van der Waals surface area contributed by atoms with E-state index in [1.807, 2.05) is 11.3 Å². The second-order valence-corrected chi connectivity index (χ2v) is 12.7. The van der Waals surface area contributed by atoms with E-state index in [0.29, 0.717) is 0 Å². The van der Waals surface area contributed by atoms with Crippen molar-refractivity contribution in [1.29, 1.82) is 0 Å². The molecule has 8 aromatic carbocycles. The first-order chi connectivity index (χ1) is 21.9. The number of hydrogen-bond donors (Lipinski definition) is 0. The highest BCUT2D eigenvalue weighted by Crippen LogP contribution is 2.48. The van der Waals surface area contributed by atoms with Crippen LogP contribution >= 0.6 is 11.3 Å². The highest BCUT2D eigenvalue weighted by molar-refractivity contribution is 7.26. The molecular weight excluding hydrogens is 551 g/mol. The second kappa shape index (κ2) is 9.03. The lowest BCUT2D eigenvalue weighted by molar-refractivity contribution is 1.19. The minimum atomic E-state index is 1.18. The Balaban J connectivity index is 1.46. The van der Waals surface area contributed by atoms with Gasteiger partial charge in [0.15, 0.2) is 0 Å². The Morgan fingerprint density at radius 3 is 1.86 bits per heavy atom. The summed E-state index contributed by atoms with van der Waals surface area (Å²) in [6.45, 7) is 0. The van der Waals surface area contributed by atoms with Crippen LogP contribution in [0.3, 0.4) is 0 Å². The van der Waals surface area contributed by atoms with Crippen molar-refractivity contribution in [2.45, 2.75) is 0 Å². The van der Waals surface area contributed by atoms with Crippen LogP contribution in [0, 0.1) is 0 Å². The van der Waals surface area contributed by atoms with Crippen LogP contribution in [0.15, 0.2) is 152 Å². The van der Waals surface area contributed by atoms with Crippen LogP contribution in [0.5, 0.6) is 0 Å². The quantitative estimate of drug-likeness (QED) is 0.181. The van der Waals surface area contributed by atoms with Gasteiger partial charge in [0.05, 0.1) is 11.0 Å². The van der Waals surface area contributed by atoms with Gasteiger partial charge < -0.3 is 4.57 Å². The van der Waals surface area contributed by atoms with Crippen LogP contribution in [0.2, 0.25) is 0 Å². The van der Waals surface area contributed by atoms with Gasteiger partial charge >= 0.3 is 0 Å². The normalized spacial score (nSPS) is 12.1. The number of aromatic nitrogens is 1. The molecule has 0 amide bonds. The largest absolute Gasteiger partial charge is 0.309 e. The van der Waals surface area contributed by atoms with Gasteiger partial charge in [-0.25, -0.2) is 0 Å². The molecule has 0 aliphatic rings. The molecule has 2 aromatic heterocycles. The zero-order chi connectivity index (χ0) is 28.8. The van der Waals surface area contributed by atoms with Gasteiger partial charge in [0.25, 0.3) is 0 Å². The van der Waals surface area contributed by atoms with Gasteiger partial charge in [0.1, 0.15) is 0 Å². The highest BCUT2D eigenvalue weighted by Gasteiger charge is 2.22. The maximum absolute atomic E-state index is 2.48. The van der Waals surface area contributed by atoms with E-state index in [2.05, 4.69) is 156 Å². The van der Waals surface area contributed by atoms with Crippen molar-refractivity contribution in [1.82, 2.24) is 4.57 Å². The maximum atomic E-state index is 2.48. The molecule has 2 heteroatoms. The molecule has 0 bridgehead atoms. The molecule has 0 unspecified atom stereocenters. The van der Waals surface area contributed by atoms with Gasteiger partial charge in [0.2, 0.25) is 0 Å². The van der Waals surface area contributed by atoms with E-state index < -0.39 is 0 Å². The Kier molecular flexibility index (Phi) is 4.94. The molecule has 44 heavy (non-hydrogen) atoms. The van der Waals surface area contributed by atoms with Crippen molar-refractivity contribution in [3.8, 4) is 16.8 Å². The zero-order valence-corrected chi connectivity index (χ0v) is 24.6. The Labute approximate surface area is 257 Å². The van der Waals surface area contributed by atoms with E-state index in [0.717, 1.165) is 0 Å². The molecule has 0 spiro atoms. The first-order valence-electron chi connectivity index (χ1n) is 15.1. The van der Waals surface area contributed by atoms with Crippen molar-refractivity contribution >= 4 is 85.6 Å². The van der Waals surface area contributed by atoms with Crippen molar-refractivity contribution in [2.75, 3.05) is 0 Å². The number of nitrogens with zero attached hydrogens (tertiary/aromatic N) is 1. The number of para-hydroxylation sites is 2. The third-order valence-corrected chi connectivity index (χ3v) is 10.6. The lowest BCUT2D eigenvalue weighted by atomic mass is 9.88. The fourth-order valence-electron chi connectivity index (χ4n) is 7.56. The van der Waals surface area contributed by atoms with Gasteiger partial charge in [-0.2, -0.15) is 0 Å². The second-order valence-electron chi connectivity index (χ2n) is 11.6. The van der Waals surface area contributed by atoms with E-state index in [1.54, 1.807) is 0 Å². The minimum Gasteiger partial charge on any atom is -0.309 e. The molecule has 0 radical (unpaired) electrons. The Morgan fingerprint density at radius 2 is 1.02 bits per heavy atom. The molecule has 1 nitrogen and oxygen atoms in total. The summed E-state index contributed by atoms with van der Waals surface area (Å²) in [5, 5.41) is 13.0. The summed E-state index contributed by atoms with van der Waals surface area (Å²) in [7, 11) is 0. The first-order valence-corrected chi connectivity index (χ1v) is 15.9. The smallest absolute Gasteiger partial charge is 0.0626 e. The lowest BCUT2D eigenvalue weighted by Crippen LogP contribution is -1.94. The molecule has 0 saturated carbocycles. The SMILES string of the molecule is c1ccc(-n2c3ccccc3c3c4c5ccccc5c(-c5cccc6c5sc5ccccc56)cc4c4ccccc4c32)cc1. The van der Waals surface area contributed by atoms with Gasteiger partial charge in [0, 0.05) is 53.0 Å². The predicted octanol–water partition coefficient (Wildman–Crippen LogP) is 12.3. The summed E-state index contributed by atoms with van der Waals surface area (Å²) in [6, 6.07) is 55.8. The molecule has 2 heterocycles. The van der Waals surface area contributed by atoms with Crippen molar-refractivity contribution in [3.63, 3.8) is 0 Å². The summed E-state index contributed by atoms with van der Waals surface area (Å²) in [5.74, 6) is 0. The summed E-state index contributed by atoms with van der Waals surface area (Å²) in [5.41, 5.74) is 6.28. The van der Waals surface area contributed by atoms with Crippen LogP contribution in [-0.4, -0.2) is 4.57 Å². The fraction of sp³-hybridized carbons (Fsp3) is 0. The average molecular weight is 576 g/mol. The Morgan fingerprint density at radius 1 is 0.386 bits per heavy atom. The molecule has 0 N–H and O–H groups in total. The first kappa shape index (κ1) is 24.0. The van der Waals surface area contributed by atoms with E-state index in [9.17, 15) is 0 Å². The van der Waals surface area contributed by atoms with Crippen LogP contribution < -0.4 is 0 Å². The van der Waals surface area contributed by atoms with Crippen LogP contribution in [0.4, 0.5) is 0 Å². The minimum absolute atomic E-state index is 1.18. The van der Waals surface area contributed by atoms with Gasteiger partial charge in [-0.05, 0) is 57.4 Å². The number of rotatable bonds is 2. The Bertz CT molecular complexity index is 2760. The third kappa shape index (κ3) is 3.18. The predicted molar refractivity (Wildman–Crippen MR) is 192 cm³/mol. The number of hydrogen-bond acceptors (Lipinski definition) is 1. The Hall–Kier alpha value is -5.44. The summed E-state index contributed by atoms with van der Waals surface area (Å²) in [6.07, 6.45) is 0. The maximum Gasteiger partial charge on any atom is 0.0626 e. The lowest BCUT2D eigenvalue weighted by Gasteiger charge is -2.16. The molecule has 10 aromatic rings. The van der Waals surface area contributed by atoms with E-state index in [1.165, 1.54) is 91.1 Å². The monoisotopic (exact) mass is 575 g/mol. The van der Waals surface area contributed by atoms with Gasteiger partial charge in [-0.1, -0.05) is 121 Å². The molecular formula is C42H25NS. The van der Waals surface area contributed by atoms with Crippen molar-refractivity contribution in [2.24, 2.45) is 0 Å². The zero-order valence-electron chi connectivity index (χ0n) is 23.8. The van der Waals surface area contributed by atoms with E-state index in [4.69, 9.17) is 0 Å². The molecule has 0 aliphatic carbocycles. The fourth-order valence-corrected chi connectivity index (χ4v) is 8.79. The van der Waals surface area contributed by atoms with Gasteiger partial charge in [-0.15, -0.1) is 11.3 Å². The molecule has 0 aliphatic heterocycles. The van der Waals surface area contributed by atoms with E-state index >= 15 is 0 Å². The number of benzene rings is 8. The third-order valence-electron chi connectivity index (χ3n) is 9.35. The molecule has 0 fully saturated rings. The summed E-state index contributed by atoms with van der Waals surface area (Å²) < 4.78 is 5.15. The van der Waals surface area contributed by atoms with Crippen LogP contribution in [0.25, 0.3) is 91.1 Å². The standard InChI is InChI=1S/C42H25NS/c1-2-13-26(14-3-1)43-37-23-10-8-20-34(37)40-39-30-18-6-4-15-27(30)35(25-36(39)28-16-5-7-19-31(28)41(40)43)33-22-12-21-32-29-17-9-11-24-38(29)44-42(32)33/h1-25H. The molecule has 0 saturated heterocycles. The molecule has 10 rings (SSSR count). The summed E-state index contributed by atoms with van der Waals surface area (Å²) in [4.78, 5) is 0. The van der Waals surface area contributed by atoms with E-state index in [-0.39, 0.29) is 0 Å². The molecule has 204 valence electrons. The van der Waals surface area contributed by atoms with Crippen LogP contribution in [-0.2, 0) is 0 Å². The van der Waals surface area contributed by atoms with Crippen molar-refractivity contribution in [3.05, 3.63) is 152 Å². The summed E-state index contributed by atoms with van der Waals surface area (Å²) >= 11 is 1.90. The average Bonchev–Trinajstić information content (AvgIpc) is 3.65. The highest BCUT2D eigenvalue weighted by atomic mass is 32.1. The van der Waals surface area contributed by atoms with Crippen LogP contribution in [0.1, 0.15) is 0 Å². The number of fused-ring (bicyclic) bond motifs is 13. The number of thiophene rings is 1.